The van der Waals surface area contributed by atoms with Gasteiger partial charge < -0.3 is 10.2 Å². The van der Waals surface area contributed by atoms with E-state index in [2.05, 4.69) is 29.4 Å². The van der Waals surface area contributed by atoms with Crippen LogP contribution in [0.2, 0.25) is 4.34 Å². The van der Waals surface area contributed by atoms with Gasteiger partial charge in [0.2, 0.25) is 5.91 Å². The second kappa shape index (κ2) is 8.61. The Morgan fingerprint density at radius 3 is 2.73 bits per heavy atom. The Morgan fingerprint density at radius 2 is 2.05 bits per heavy atom. The van der Waals surface area contributed by atoms with Crippen molar-refractivity contribution in [3.63, 3.8) is 0 Å². The van der Waals surface area contributed by atoms with Gasteiger partial charge in [-0.1, -0.05) is 29.8 Å². The summed E-state index contributed by atoms with van der Waals surface area (Å²) in [6.07, 6.45) is 4.22. The van der Waals surface area contributed by atoms with E-state index >= 15 is 0 Å². The minimum absolute atomic E-state index is 0.0770. The van der Waals surface area contributed by atoms with Crippen LogP contribution >= 0.6 is 22.9 Å². The third-order valence-electron chi connectivity index (χ3n) is 3.16. The maximum Gasteiger partial charge on any atom is 0.244 e. The molecule has 1 N–H and O–H groups in total. The van der Waals surface area contributed by atoms with Crippen molar-refractivity contribution in [3.05, 3.63) is 57.8 Å². The molecule has 2 rings (SSSR count). The van der Waals surface area contributed by atoms with E-state index in [0.717, 1.165) is 22.2 Å². The van der Waals surface area contributed by atoms with Crippen LogP contribution in [0.25, 0.3) is 6.08 Å². The maximum atomic E-state index is 11.7. The monoisotopic (exact) mass is 334 g/mol. The highest BCUT2D eigenvalue weighted by Crippen LogP contribution is 2.22. The van der Waals surface area contributed by atoms with Crippen molar-refractivity contribution in [2.24, 2.45) is 0 Å². The number of hydrogen-bond acceptors (Lipinski definition) is 3. The number of rotatable bonds is 7. The molecule has 116 valence electrons. The molecule has 0 saturated carbocycles. The molecule has 0 spiro atoms. The summed E-state index contributed by atoms with van der Waals surface area (Å²) >= 11 is 7.29. The fraction of sp³-hybridized carbons (Fsp3) is 0.235. The first kappa shape index (κ1) is 16.6. The first-order valence-corrected chi connectivity index (χ1v) is 8.32. The Morgan fingerprint density at radius 1 is 1.27 bits per heavy atom. The maximum absolute atomic E-state index is 11.7. The number of halogens is 1. The smallest absolute Gasteiger partial charge is 0.244 e. The lowest BCUT2D eigenvalue weighted by molar-refractivity contribution is -0.116. The number of para-hydroxylation sites is 1. The van der Waals surface area contributed by atoms with Crippen LogP contribution in [0.1, 0.15) is 11.3 Å². The predicted molar refractivity (Wildman–Crippen MR) is 95.7 cm³/mol. The van der Waals surface area contributed by atoms with Crippen molar-refractivity contribution in [1.29, 1.82) is 0 Å². The number of amides is 1. The van der Waals surface area contributed by atoms with E-state index in [4.69, 9.17) is 11.6 Å². The summed E-state index contributed by atoms with van der Waals surface area (Å²) in [6, 6.07) is 13.9. The third-order valence-corrected chi connectivity index (χ3v) is 4.36. The van der Waals surface area contributed by atoms with Gasteiger partial charge in [-0.15, -0.1) is 11.3 Å². The lowest BCUT2D eigenvalue weighted by Gasteiger charge is -2.18. The van der Waals surface area contributed by atoms with E-state index in [1.54, 1.807) is 12.2 Å². The quantitative estimate of drug-likeness (QED) is 0.611. The topological polar surface area (TPSA) is 32.3 Å². The van der Waals surface area contributed by atoms with Gasteiger partial charge in [-0.25, -0.2) is 0 Å². The lowest BCUT2D eigenvalue weighted by atomic mass is 10.3. The highest BCUT2D eigenvalue weighted by molar-refractivity contribution is 7.17. The Balaban J connectivity index is 1.66. The number of carbonyl (C=O) groups excluding carboxylic acids is 1. The molecule has 1 amide bonds. The van der Waals surface area contributed by atoms with Crippen molar-refractivity contribution < 1.29 is 4.79 Å². The van der Waals surface area contributed by atoms with Crippen molar-refractivity contribution in [1.82, 2.24) is 5.32 Å². The Hall–Kier alpha value is -1.78. The van der Waals surface area contributed by atoms with E-state index < -0.39 is 0 Å². The second-order valence-electron chi connectivity index (χ2n) is 4.88. The summed E-state index contributed by atoms with van der Waals surface area (Å²) in [4.78, 5) is 14.9. The van der Waals surface area contributed by atoms with Gasteiger partial charge in [-0.05, 0) is 36.8 Å². The molecule has 5 heteroatoms. The summed E-state index contributed by atoms with van der Waals surface area (Å²) in [6.45, 7) is 1.56. The van der Waals surface area contributed by atoms with Crippen LogP contribution in [-0.4, -0.2) is 26.0 Å². The highest BCUT2D eigenvalue weighted by Gasteiger charge is 2.00. The van der Waals surface area contributed by atoms with E-state index in [1.165, 1.54) is 17.0 Å². The zero-order chi connectivity index (χ0) is 15.8. The molecule has 1 heterocycles. The van der Waals surface area contributed by atoms with Crippen LogP contribution in [-0.2, 0) is 4.79 Å². The number of hydrogen-bond donors (Lipinski definition) is 1. The number of nitrogens with zero attached hydrogens (tertiary/aromatic N) is 1. The van der Waals surface area contributed by atoms with Gasteiger partial charge in [0, 0.05) is 36.8 Å². The zero-order valence-electron chi connectivity index (χ0n) is 12.5. The number of carbonyl (C=O) groups is 1. The third kappa shape index (κ3) is 5.54. The average molecular weight is 335 g/mol. The normalized spacial score (nSPS) is 10.8. The summed E-state index contributed by atoms with van der Waals surface area (Å²) in [5.41, 5.74) is 1.18. The van der Waals surface area contributed by atoms with E-state index in [-0.39, 0.29) is 5.91 Å². The van der Waals surface area contributed by atoms with Crippen LogP contribution in [0, 0.1) is 0 Å². The molecule has 3 nitrogen and oxygen atoms in total. The fourth-order valence-corrected chi connectivity index (χ4v) is 2.94. The summed E-state index contributed by atoms with van der Waals surface area (Å²) in [7, 11) is 2.05. The molecule has 2 aromatic rings. The van der Waals surface area contributed by atoms with Crippen LogP contribution in [0.4, 0.5) is 5.69 Å². The van der Waals surface area contributed by atoms with E-state index in [9.17, 15) is 4.79 Å². The molecule has 0 fully saturated rings. The predicted octanol–water partition coefficient (Wildman–Crippen LogP) is 4.06. The van der Waals surface area contributed by atoms with Gasteiger partial charge in [-0.3, -0.25) is 4.79 Å². The molecule has 0 aliphatic rings. The van der Waals surface area contributed by atoms with Crippen molar-refractivity contribution >= 4 is 40.6 Å². The molecule has 0 unspecified atom stereocenters. The largest absolute Gasteiger partial charge is 0.375 e. The molecule has 0 bridgehead atoms. The Bertz CT molecular complexity index is 625. The number of thiophene rings is 1. The molecule has 1 aromatic carbocycles. The minimum atomic E-state index is -0.0770. The van der Waals surface area contributed by atoms with Crippen LogP contribution in [0.5, 0.6) is 0 Å². The van der Waals surface area contributed by atoms with Crippen LogP contribution < -0.4 is 10.2 Å². The molecule has 0 aliphatic carbocycles. The van der Waals surface area contributed by atoms with Gasteiger partial charge in [0.1, 0.15) is 0 Å². The fourth-order valence-electron chi connectivity index (χ4n) is 1.97. The molecule has 0 saturated heterocycles. The van der Waals surface area contributed by atoms with Gasteiger partial charge >= 0.3 is 0 Å². The first-order valence-electron chi connectivity index (χ1n) is 7.12. The first-order chi connectivity index (χ1) is 10.6. The van der Waals surface area contributed by atoms with Gasteiger partial charge in [0.05, 0.1) is 4.34 Å². The molecular formula is C17H19ClN2OS. The number of benzene rings is 1. The highest BCUT2D eigenvalue weighted by atomic mass is 35.5. The van der Waals surface area contributed by atoms with Crippen LogP contribution in [0.15, 0.2) is 48.5 Å². The summed E-state index contributed by atoms with van der Waals surface area (Å²) < 4.78 is 0.726. The van der Waals surface area contributed by atoms with Gasteiger partial charge in [-0.2, -0.15) is 0 Å². The molecule has 1 aromatic heterocycles. The SMILES string of the molecule is CN(CCCNC(=O)/C=C/c1ccc(Cl)s1)c1ccccc1. The second-order valence-corrected chi connectivity index (χ2v) is 6.62. The number of anilines is 1. The van der Waals surface area contributed by atoms with Gasteiger partial charge in [0.25, 0.3) is 0 Å². The molecule has 0 aliphatic heterocycles. The Kier molecular flexibility index (Phi) is 6.49. The summed E-state index contributed by atoms with van der Waals surface area (Å²) in [5.74, 6) is -0.0770. The average Bonchev–Trinajstić information content (AvgIpc) is 2.96. The molecular weight excluding hydrogens is 316 g/mol. The van der Waals surface area contributed by atoms with Crippen molar-refractivity contribution in [3.8, 4) is 0 Å². The van der Waals surface area contributed by atoms with E-state index in [1.807, 2.05) is 30.3 Å². The van der Waals surface area contributed by atoms with Crippen LogP contribution in [0.3, 0.4) is 0 Å². The minimum Gasteiger partial charge on any atom is -0.375 e. The van der Waals surface area contributed by atoms with E-state index in [0.29, 0.717) is 6.54 Å². The van der Waals surface area contributed by atoms with Crippen molar-refractivity contribution in [2.75, 3.05) is 25.0 Å². The zero-order valence-corrected chi connectivity index (χ0v) is 14.0. The summed E-state index contributed by atoms with van der Waals surface area (Å²) in [5, 5.41) is 2.89. The molecule has 0 radical (unpaired) electrons. The number of nitrogens with one attached hydrogen (secondary N) is 1. The Labute approximate surface area is 140 Å². The van der Waals surface area contributed by atoms with Crippen molar-refractivity contribution in [2.45, 2.75) is 6.42 Å². The molecule has 0 atom stereocenters. The molecule has 22 heavy (non-hydrogen) atoms. The van der Waals surface area contributed by atoms with Gasteiger partial charge in [0.15, 0.2) is 0 Å². The standard InChI is InChI=1S/C17H19ClN2OS/c1-20(14-6-3-2-4-7-14)13-5-12-19-17(21)11-9-15-8-10-16(18)22-15/h2-4,6-11H,5,12-13H2,1H3,(H,19,21)/b11-9+. The lowest BCUT2D eigenvalue weighted by Crippen LogP contribution is -2.26.